The summed E-state index contributed by atoms with van der Waals surface area (Å²) in [6.07, 6.45) is 0. The molecule has 0 unspecified atom stereocenters. The van der Waals surface area contributed by atoms with Gasteiger partial charge in [0.15, 0.2) is 0 Å². The van der Waals surface area contributed by atoms with E-state index in [2.05, 4.69) is 15.5 Å². The van der Waals surface area contributed by atoms with Crippen LogP contribution in [0.3, 0.4) is 0 Å². The van der Waals surface area contributed by atoms with E-state index in [-0.39, 0.29) is 11.7 Å². The second kappa shape index (κ2) is 5.54. The summed E-state index contributed by atoms with van der Waals surface area (Å²) in [5, 5.41) is 11.0. The average Bonchev–Trinajstić information content (AvgIpc) is 2.69. The number of carbonyl (C=O) groups excluding carboxylic acids is 1. The Morgan fingerprint density at radius 2 is 2.11 bits per heavy atom. The number of carbonyl (C=O) groups is 1. The van der Waals surface area contributed by atoms with Crippen molar-refractivity contribution in [3.63, 3.8) is 0 Å². The predicted molar refractivity (Wildman–Crippen MR) is 70.7 cm³/mol. The van der Waals surface area contributed by atoms with Gasteiger partial charge in [-0.3, -0.25) is 4.79 Å². The summed E-state index contributed by atoms with van der Waals surface area (Å²) in [7, 11) is 0. The fourth-order valence-corrected chi connectivity index (χ4v) is 2.00. The van der Waals surface area contributed by atoms with E-state index in [1.807, 2.05) is 30.3 Å². The van der Waals surface area contributed by atoms with Crippen LogP contribution in [0.15, 0.2) is 35.5 Å². The number of thioether (sulfide) groups is 1. The monoisotopic (exact) mass is 263 g/mol. The minimum atomic E-state index is -0.105. The van der Waals surface area contributed by atoms with Crippen molar-refractivity contribution in [2.75, 3.05) is 16.9 Å². The van der Waals surface area contributed by atoms with Crippen molar-refractivity contribution < 1.29 is 4.79 Å². The van der Waals surface area contributed by atoms with E-state index in [4.69, 9.17) is 5.84 Å². The fraction of sp³-hybridized carbons (Fsp3) is 0.182. The third kappa shape index (κ3) is 3.01. The number of nitrogen functional groups attached to an aromatic ring is 1. The minimum Gasteiger partial charge on any atom is -0.336 e. The molecule has 0 spiro atoms. The molecule has 0 saturated carbocycles. The van der Waals surface area contributed by atoms with Crippen LogP contribution < -0.4 is 11.2 Å². The fourth-order valence-electron chi connectivity index (χ4n) is 1.30. The molecule has 6 nitrogen and oxygen atoms in total. The Bertz CT molecular complexity index is 540. The highest BCUT2D eigenvalue weighted by molar-refractivity contribution is 7.99. The molecule has 0 aliphatic rings. The molecule has 0 bridgehead atoms. The minimum absolute atomic E-state index is 0.105. The van der Waals surface area contributed by atoms with Crippen LogP contribution in [0.5, 0.6) is 0 Å². The first-order valence-corrected chi connectivity index (χ1v) is 6.30. The van der Waals surface area contributed by atoms with Crippen molar-refractivity contribution in [3.05, 3.63) is 36.2 Å². The third-order valence-electron chi connectivity index (χ3n) is 2.22. The lowest BCUT2D eigenvalue weighted by molar-refractivity contribution is -0.113. The molecule has 2 rings (SSSR count). The number of nitrogens with two attached hydrogens (primary N) is 1. The number of hydrogen-bond donors (Lipinski definition) is 2. The van der Waals surface area contributed by atoms with Gasteiger partial charge >= 0.3 is 0 Å². The number of nitrogens with zero attached hydrogens (tertiary/aromatic N) is 3. The molecule has 18 heavy (non-hydrogen) atoms. The summed E-state index contributed by atoms with van der Waals surface area (Å²) in [4.78, 5) is 11.7. The Hall–Kier alpha value is -2.02. The molecule has 0 aliphatic heterocycles. The lowest BCUT2D eigenvalue weighted by atomic mass is 10.3. The quantitative estimate of drug-likeness (QED) is 0.635. The molecule has 1 aromatic heterocycles. The van der Waals surface area contributed by atoms with Crippen LogP contribution in [0, 0.1) is 6.92 Å². The number of benzene rings is 1. The molecule has 94 valence electrons. The largest absolute Gasteiger partial charge is 0.336 e. The third-order valence-corrected chi connectivity index (χ3v) is 3.17. The van der Waals surface area contributed by atoms with Crippen molar-refractivity contribution in [2.45, 2.75) is 12.1 Å². The zero-order valence-corrected chi connectivity index (χ0v) is 10.6. The zero-order valence-electron chi connectivity index (χ0n) is 9.83. The van der Waals surface area contributed by atoms with Crippen LogP contribution >= 0.6 is 11.8 Å². The van der Waals surface area contributed by atoms with Gasteiger partial charge in [0.1, 0.15) is 5.82 Å². The number of aryl methyl sites for hydroxylation is 1. The van der Waals surface area contributed by atoms with E-state index >= 15 is 0 Å². The van der Waals surface area contributed by atoms with Crippen molar-refractivity contribution >= 4 is 23.4 Å². The maximum atomic E-state index is 11.7. The number of para-hydroxylation sites is 1. The second-order valence-electron chi connectivity index (χ2n) is 3.60. The molecule has 1 aromatic carbocycles. The molecule has 1 amide bonds. The highest BCUT2D eigenvalue weighted by Crippen LogP contribution is 2.14. The first kappa shape index (κ1) is 12.4. The first-order chi connectivity index (χ1) is 8.66. The smallest absolute Gasteiger partial charge is 0.234 e. The molecule has 0 fully saturated rings. The molecular formula is C11H13N5OS. The summed E-state index contributed by atoms with van der Waals surface area (Å²) >= 11 is 1.25. The molecule has 7 heteroatoms. The van der Waals surface area contributed by atoms with Gasteiger partial charge in [0, 0.05) is 5.69 Å². The SMILES string of the molecule is Cc1nnc(SCC(=O)Nc2ccccc2)n1N. The summed E-state index contributed by atoms with van der Waals surface area (Å²) in [6.45, 7) is 1.75. The van der Waals surface area contributed by atoms with Crippen molar-refractivity contribution in [2.24, 2.45) is 0 Å². The maximum absolute atomic E-state index is 11.7. The van der Waals surface area contributed by atoms with Gasteiger partial charge in [0.05, 0.1) is 5.75 Å². The Balaban J connectivity index is 1.87. The van der Waals surface area contributed by atoms with Gasteiger partial charge in [-0.05, 0) is 19.1 Å². The summed E-state index contributed by atoms with van der Waals surface area (Å²) in [5.41, 5.74) is 0.772. The number of nitrogens with one attached hydrogen (secondary N) is 1. The van der Waals surface area contributed by atoms with Gasteiger partial charge in [-0.25, -0.2) is 4.68 Å². The van der Waals surface area contributed by atoms with Gasteiger partial charge in [-0.15, -0.1) is 10.2 Å². The van der Waals surface area contributed by atoms with Crippen LogP contribution in [0.2, 0.25) is 0 Å². The van der Waals surface area contributed by atoms with Gasteiger partial charge in [0.2, 0.25) is 11.1 Å². The predicted octanol–water partition coefficient (Wildman–Crippen LogP) is 1.03. The number of anilines is 1. The highest BCUT2D eigenvalue weighted by atomic mass is 32.2. The van der Waals surface area contributed by atoms with Gasteiger partial charge < -0.3 is 11.2 Å². The van der Waals surface area contributed by atoms with E-state index in [0.29, 0.717) is 11.0 Å². The van der Waals surface area contributed by atoms with E-state index in [9.17, 15) is 4.79 Å². The number of hydrogen-bond acceptors (Lipinski definition) is 5. The molecular weight excluding hydrogens is 250 g/mol. The highest BCUT2D eigenvalue weighted by Gasteiger charge is 2.09. The number of aromatic nitrogens is 3. The Morgan fingerprint density at radius 1 is 1.39 bits per heavy atom. The van der Waals surface area contributed by atoms with E-state index in [1.54, 1.807) is 6.92 Å². The molecule has 0 saturated heterocycles. The van der Waals surface area contributed by atoms with Crippen LogP contribution in [0.25, 0.3) is 0 Å². The van der Waals surface area contributed by atoms with Crippen LogP contribution in [0.4, 0.5) is 5.69 Å². The molecule has 0 atom stereocenters. The van der Waals surface area contributed by atoms with Crippen molar-refractivity contribution in [3.8, 4) is 0 Å². The molecule has 1 heterocycles. The van der Waals surface area contributed by atoms with Gasteiger partial charge in [-0.2, -0.15) is 0 Å². The van der Waals surface area contributed by atoms with Crippen LogP contribution in [0.1, 0.15) is 5.82 Å². The van der Waals surface area contributed by atoms with E-state index < -0.39 is 0 Å². The van der Waals surface area contributed by atoms with Crippen LogP contribution in [-0.4, -0.2) is 26.5 Å². The average molecular weight is 263 g/mol. The van der Waals surface area contributed by atoms with Gasteiger partial charge in [0.25, 0.3) is 0 Å². The summed E-state index contributed by atoms with van der Waals surface area (Å²) in [6, 6.07) is 9.28. The maximum Gasteiger partial charge on any atom is 0.234 e. The Labute approximate surface area is 109 Å². The lowest BCUT2D eigenvalue weighted by Crippen LogP contribution is -2.16. The molecule has 0 aliphatic carbocycles. The Kier molecular flexibility index (Phi) is 3.83. The topological polar surface area (TPSA) is 85.8 Å². The number of rotatable bonds is 4. The first-order valence-electron chi connectivity index (χ1n) is 5.31. The van der Waals surface area contributed by atoms with Crippen molar-refractivity contribution in [1.29, 1.82) is 0 Å². The molecule has 2 aromatic rings. The van der Waals surface area contributed by atoms with Crippen LogP contribution in [-0.2, 0) is 4.79 Å². The Morgan fingerprint density at radius 3 is 2.72 bits per heavy atom. The lowest BCUT2D eigenvalue weighted by Gasteiger charge is -2.04. The van der Waals surface area contributed by atoms with E-state index in [0.717, 1.165) is 5.69 Å². The molecule has 3 N–H and O–H groups in total. The standard InChI is InChI=1S/C11H13N5OS/c1-8-14-15-11(16(8)12)18-7-10(17)13-9-5-3-2-4-6-9/h2-6H,7,12H2,1H3,(H,13,17). The second-order valence-corrected chi connectivity index (χ2v) is 4.55. The normalized spacial score (nSPS) is 10.3. The zero-order chi connectivity index (χ0) is 13.0. The number of amides is 1. The summed E-state index contributed by atoms with van der Waals surface area (Å²) < 4.78 is 1.36. The summed E-state index contributed by atoms with van der Waals surface area (Å²) in [5.74, 6) is 6.43. The molecule has 0 radical (unpaired) electrons. The van der Waals surface area contributed by atoms with E-state index in [1.165, 1.54) is 16.4 Å². The van der Waals surface area contributed by atoms with Crippen molar-refractivity contribution in [1.82, 2.24) is 14.9 Å². The van der Waals surface area contributed by atoms with Gasteiger partial charge in [-0.1, -0.05) is 30.0 Å².